The Morgan fingerprint density at radius 3 is 2.24 bits per heavy atom. The third-order valence-electron chi connectivity index (χ3n) is 5.10. The van der Waals surface area contributed by atoms with Crippen LogP contribution in [0.2, 0.25) is 0 Å². The van der Waals surface area contributed by atoms with E-state index in [-0.39, 0.29) is 81.2 Å². The Balaban J connectivity index is 0.00000385. The van der Waals surface area contributed by atoms with Crippen LogP contribution in [-0.4, -0.2) is 32.9 Å². The van der Waals surface area contributed by atoms with Gasteiger partial charge in [-0.3, -0.25) is 23.9 Å². The number of imide groups is 1. The van der Waals surface area contributed by atoms with Crippen LogP contribution in [0.25, 0.3) is 0 Å². The zero-order valence-electron chi connectivity index (χ0n) is 19.0. The summed E-state index contributed by atoms with van der Waals surface area (Å²) in [7, 11) is 0. The first-order chi connectivity index (χ1) is 15.1. The zero-order chi connectivity index (χ0) is 23.7. The molecule has 2 heterocycles. The largest absolute Gasteiger partial charge is 2.00 e. The maximum Gasteiger partial charge on any atom is 2.00 e. The summed E-state index contributed by atoms with van der Waals surface area (Å²) < 4.78 is 1.10. The molecule has 0 saturated carbocycles. The van der Waals surface area contributed by atoms with Crippen molar-refractivity contribution < 1.29 is 31.5 Å². The number of hydrogen-bond acceptors (Lipinski definition) is 7. The summed E-state index contributed by atoms with van der Waals surface area (Å²) in [5.74, 6) is -1.11. The third-order valence-corrected chi connectivity index (χ3v) is 5.10. The van der Waals surface area contributed by atoms with Crippen LogP contribution in [0.1, 0.15) is 59.5 Å². The van der Waals surface area contributed by atoms with Crippen LogP contribution in [0.5, 0.6) is 5.88 Å². The Bertz CT molecular complexity index is 1240. The van der Waals surface area contributed by atoms with Gasteiger partial charge in [-0.15, -0.1) is 10.2 Å². The van der Waals surface area contributed by atoms with E-state index in [2.05, 4.69) is 10.2 Å². The summed E-state index contributed by atoms with van der Waals surface area (Å²) >= 11 is 0. The molecule has 10 heteroatoms. The molecule has 0 unspecified atom stereocenters. The minimum atomic E-state index is -0.590. The minimum absolute atomic E-state index is 0. The van der Waals surface area contributed by atoms with Crippen molar-refractivity contribution in [2.24, 2.45) is 22.1 Å². The van der Waals surface area contributed by atoms with Gasteiger partial charge in [-0.25, -0.2) is 0 Å². The molecule has 0 bridgehead atoms. The van der Waals surface area contributed by atoms with Gasteiger partial charge >= 0.3 is 16.8 Å². The van der Waals surface area contributed by atoms with Crippen molar-refractivity contribution in [2.45, 2.75) is 41.2 Å². The number of carbonyl (C=O) groups excluding carboxylic acids is 2. The molecule has 2 aromatic rings. The second kappa shape index (κ2) is 10.1. The number of hydrogen-bond donors (Lipinski definition) is 1. The smallest absolute Gasteiger partial charge is 0.493 e. The van der Waals surface area contributed by atoms with E-state index >= 15 is 0 Å². The number of fused-ring (bicyclic) bond motifs is 1. The Hall–Kier alpha value is -3.29. The van der Waals surface area contributed by atoms with Crippen molar-refractivity contribution in [2.75, 3.05) is 6.54 Å². The van der Waals surface area contributed by atoms with E-state index in [1.807, 2.05) is 33.8 Å². The number of aromatic hydroxyl groups is 1. The standard InChI is InChI=1S/C23H25N5O4.Co/c1-12(2)10-27-20(29)15-7-6-8-17(18(15)22(27)31)25-26-19-14(5)16(9-24)21(30)28(23(19)32)11-13(3)4;/h6-8,12-13,30H,10-11H2,1-5H3;/q;+2. The molecule has 1 radical (unpaired) electrons. The molecule has 1 aliphatic rings. The van der Waals surface area contributed by atoms with Crippen LogP contribution in [0.3, 0.4) is 0 Å². The van der Waals surface area contributed by atoms with Crippen LogP contribution in [0, 0.1) is 30.1 Å². The summed E-state index contributed by atoms with van der Waals surface area (Å²) in [5, 5.41) is 28.0. The van der Waals surface area contributed by atoms with E-state index in [0.29, 0.717) is 0 Å². The fourth-order valence-corrected chi connectivity index (χ4v) is 3.63. The maximum atomic E-state index is 13.0. The van der Waals surface area contributed by atoms with Crippen LogP contribution >= 0.6 is 0 Å². The average molecular weight is 494 g/mol. The number of aromatic nitrogens is 1. The van der Waals surface area contributed by atoms with Gasteiger partial charge in [-0.05, 0) is 30.9 Å². The predicted octanol–water partition coefficient (Wildman–Crippen LogP) is 4.05. The van der Waals surface area contributed by atoms with Gasteiger partial charge in [0.15, 0.2) is 5.69 Å². The van der Waals surface area contributed by atoms with Crippen molar-refractivity contribution in [1.82, 2.24) is 9.47 Å². The molecule has 9 nitrogen and oxygen atoms in total. The number of carbonyl (C=O) groups is 2. The van der Waals surface area contributed by atoms with E-state index in [1.165, 1.54) is 11.8 Å². The molecule has 0 spiro atoms. The van der Waals surface area contributed by atoms with Gasteiger partial charge in [0.25, 0.3) is 17.4 Å². The minimum Gasteiger partial charge on any atom is -0.493 e. The molecule has 2 amide bonds. The third kappa shape index (κ3) is 4.74. The van der Waals surface area contributed by atoms with Crippen molar-refractivity contribution in [3.8, 4) is 11.9 Å². The Morgan fingerprint density at radius 2 is 1.67 bits per heavy atom. The zero-order valence-corrected chi connectivity index (χ0v) is 20.1. The summed E-state index contributed by atoms with van der Waals surface area (Å²) in [5.41, 5.74) is -0.0259. The predicted molar refractivity (Wildman–Crippen MR) is 117 cm³/mol. The normalized spacial score (nSPS) is 13.1. The van der Waals surface area contributed by atoms with E-state index in [9.17, 15) is 24.8 Å². The second-order valence-corrected chi connectivity index (χ2v) is 8.61. The summed E-state index contributed by atoms with van der Waals surface area (Å²) in [6.07, 6.45) is 0. The molecule has 0 saturated heterocycles. The van der Waals surface area contributed by atoms with Crippen molar-refractivity contribution in [1.29, 1.82) is 5.26 Å². The van der Waals surface area contributed by atoms with Gasteiger partial charge in [-0.1, -0.05) is 33.8 Å². The molecule has 1 aromatic heterocycles. The molecule has 33 heavy (non-hydrogen) atoms. The molecule has 173 valence electrons. The molecule has 3 rings (SSSR count). The van der Waals surface area contributed by atoms with Gasteiger partial charge < -0.3 is 5.11 Å². The first-order valence-corrected chi connectivity index (χ1v) is 10.4. The number of nitriles is 1. The molecule has 1 aromatic carbocycles. The monoisotopic (exact) mass is 494 g/mol. The second-order valence-electron chi connectivity index (χ2n) is 8.61. The van der Waals surface area contributed by atoms with Crippen LogP contribution in [0.15, 0.2) is 33.2 Å². The number of azo groups is 1. The van der Waals surface area contributed by atoms with Gasteiger partial charge in [-0.2, -0.15) is 5.26 Å². The van der Waals surface area contributed by atoms with E-state index < -0.39 is 17.3 Å². The molecule has 0 atom stereocenters. The van der Waals surface area contributed by atoms with Crippen LogP contribution in [-0.2, 0) is 23.3 Å². The molecule has 1 N–H and O–H groups in total. The summed E-state index contributed by atoms with van der Waals surface area (Å²) in [4.78, 5) is 39.7. The maximum absolute atomic E-state index is 13.0. The Labute approximate surface area is 201 Å². The van der Waals surface area contributed by atoms with Crippen LogP contribution in [0.4, 0.5) is 11.4 Å². The number of rotatable bonds is 6. The summed E-state index contributed by atoms with van der Waals surface area (Å²) in [6, 6.07) is 6.60. The van der Waals surface area contributed by atoms with Gasteiger partial charge in [0.2, 0.25) is 5.88 Å². The number of pyridine rings is 1. The van der Waals surface area contributed by atoms with Crippen LogP contribution < -0.4 is 5.56 Å². The van der Waals surface area contributed by atoms with Crippen molar-refractivity contribution in [3.05, 3.63) is 50.8 Å². The van der Waals surface area contributed by atoms with Gasteiger partial charge in [0.05, 0.1) is 16.8 Å². The number of benzene rings is 1. The number of amides is 2. The van der Waals surface area contributed by atoms with E-state index in [0.717, 1.165) is 4.57 Å². The number of nitrogens with zero attached hydrogens (tertiary/aromatic N) is 5. The average Bonchev–Trinajstić information content (AvgIpc) is 2.96. The van der Waals surface area contributed by atoms with Gasteiger partial charge in [0.1, 0.15) is 11.6 Å². The first kappa shape index (κ1) is 26.0. The molecule has 1 aliphatic heterocycles. The van der Waals surface area contributed by atoms with Gasteiger partial charge in [0, 0.05) is 18.7 Å². The van der Waals surface area contributed by atoms with E-state index in [1.54, 1.807) is 18.2 Å². The van der Waals surface area contributed by atoms with Crippen molar-refractivity contribution in [3.63, 3.8) is 0 Å². The quantitative estimate of drug-likeness (QED) is 0.479. The SMILES string of the molecule is Cc1c(C#N)c(O)n(CC(C)C)c(=O)c1N=Nc1cccc2c1C(=O)N(CC(C)C)C2=O.[Co+2]. The molecular formula is C23H25CoN5O4+2. The first-order valence-electron chi connectivity index (χ1n) is 10.4. The Morgan fingerprint density at radius 1 is 1.03 bits per heavy atom. The van der Waals surface area contributed by atoms with Crippen molar-refractivity contribution >= 4 is 23.2 Å². The molecule has 0 aliphatic carbocycles. The molecule has 0 fully saturated rings. The van der Waals surface area contributed by atoms with E-state index in [4.69, 9.17) is 0 Å². The topological polar surface area (TPSA) is 128 Å². The summed E-state index contributed by atoms with van der Waals surface area (Å²) in [6.45, 7) is 9.54. The molecular weight excluding hydrogens is 469 g/mol. The fraction of sp³-hybridized carbons (Fsp3) is 0.391. The Kier molecular flexibility index (Phi) is 7.95. The fourth-order valence-electron chi connectivity index (χ4n) is 3.63.